The molecule has 2 atom stereocenters. The summed E-state index contributed by atoms with van der Waals surface area (Å²) in [6.07, 6.45) is 5.98. The molecule has 31 heavy (non-hydrogen) atoms. The van der Waals surface area contributed by atoms with Crippen LogP contribution in [0.3, 0.4) is 0 Å². The number of piperidine rings is 1. The first-order valence-corrected chi connectivity index (χ1v) is 13.2. The minimum atomic E-state index is -3.49. The molecule has 166 valence electrons. The predicted octanol–water partition coefficient (Wildman–Crippen LogP) is 4.96. The van der Waals surface area contributed by atoms with Crippen molar-refractivity contribution in [3.05, 3.63) is 59.7 Å². The molecule has 2 unspecified atom stereocenters. The summed E-state index contributed by atoms with van der Waals surface area (Å²) in [5, 5.41) is 3.49. The molecule has 0 spiro atoms. The van der Waals surface area contributed by atoms with Gasteiger partial charge in [0.25, 0.3) is 10.0 Å². The van der Waals surface area contributed by atoms with Crippen molar-refractivity contribution in [3.8, 4) is 0 Å². The molecule has 2 aliphatic heterocycles. The minimum absolute atomic E-state index is 0.370. The standard InChI is InChI=1S/C26H34N2O2S/c1-26(2,22-10-13-27-14-11-22)18-21-17-24(21)19-8-9-25-20(16-19)12-15-28(25)31(29,30)23-6-4-3-5-7-23/h3-9,16,21-22,24,27H,10-15,17-18H2,1-2H3. The fourth-order valence-electron chi connectivity index (χ4n) is 5.92. The second kappa shape index (κ2) is 7.93. The molecule has 1 N–H and O–H groups in total. The van der Waals surface area contributed by atoms with Gasteiger partial charge < -0.3 is 5.32 Å². The van der Waals surface area contributed by atoms with Gasteiger partial charge in [0, 0.05) is 6.54 Å². The molecule has 2 heterocycles. The molecule has 1 saturated heterocycles. The molecule has 2 aromatic carbocycles. The van der Waals surface area contributed by atoms with Gasteiger partial charge in [0.15, 0.2) is 0 Å². The van der Waals surface area contributed by atoms with Crippen molar-refractivity contribution in [3.63, 3.8) is 0 Å². The number of fused-ring (bicyclic) bond motifs is 1. The van der Waals surface area contributed by atoms with E-state index in [2.05, 4.69) is 31.3 Å². The van der Waals surface area contributed by atoms with Crippen LogP contribution in [0.25, 0.3) is 0 Å². The summed E-state index contributed by atoms with van der Waals surface area (Å²) in [7, 11) is -3.49. The first-order chi connectivity index (χ1) is 14.9. The van der Waals surface area contributed by atoms with Crippen molar-refractivity contribution in [1.82, 2.24) is 5.32 Å². The van der Waals surface area contributed by atoms with Crippen molar-refractivity contribution in [2.45, 2.75) is 56.8 Å². The SMILES string of the molecule is CC(C)(CC1CC1c1ccc2c(c1)CCN2S(=O)(=O)c1ccccc1)C1CCNCC1. The van der Waals surface area contributed by atoms with Crippen LogP contribution < -0.4 is 9.62 Å². The number of rotatable bonds is 6. The van der Waals surface area contributed by atoms with Crippen molar-refractivity contribution in [2.75, 3.05) is 23.9 Å². The third kappa shape index (κ3) is 4.03. The Hall–Kier alpha value is -1.85. The molecular formula is C26H34N2O2S. The van der Waals surface area contributed by atoms with Gasteiger partial charge in [0.2, 0.25) is 0 Å². The molecule has 1 aliphatic carbocycles. The number of anilines is 1. The van der Waals surface area contributed by atoms with E-state index in [-0.39, 0.29) is 0 Å². The quantitative estimate of drug-likeness (QED) is 0.694. The largest absolute Gasteiger partial charge is 0.317 e. The van der Waals surface area contributed by atoms with Gasteiger partial charge in [-0.25, -0.2) is 8.42 Å². The topological polar surface area (TPSA) is 49.4 Å². The van der Waals surface area contributed by atoms with E-state index >= 15 is 0 Å². The van der Waals surface area contributed by atoms with Gasteiger partial charge in [-0.2, -0.15) is 0 Å². The Kier molecular flexibility index (Phi) is 5.38. The highest BCUT2D eigenvalue weighted by molar-refractivity contribution is 7.92. The second-order valence-electron chi connectivity index (χ2n) is 10.3. The highest BCUT2D eigenvalue weighted by Gasteiger charge is 2.44. The Morgan fingerprint density at radius 2 is 1.81 bits per heavy atom. The van der Waals surface area contributed by atoms with Gasteiger partial charge in [0.05, 0.1) is 10.6 Å². The zero-order chi connectivity index (χ0) is 21.6. The summed E-state index contributed by atoms with van der Waals surface area (Å²) in [4.78, 5) is 0.370. The van der Waals surface area contributed by atoms with Crippen LogP contribution in [0.15, 0.2) is 53.4 Å². The van der Waals surface area contributed by atoms with Gasteiger partial charge in [-0.05, 0) is 97.7 Å². The Labute approximate surface area is 187 Å². The van der Waals surface area contributed by atoms with Gasteiger partial charge in [-0.1, -0.05) is 44.2 Å². The number of hydrogen-bond donors (Lipinski definition) is 1. The molecule has 0 aromatic heterocycles. The van der Waals surface area contributed by atoms with Crippen LogP contribution in [-0.2, 0) is 16.4 Å². The zero-order valence-corrected chi connectivity index (χ0v) is 19.5. The Morgan fingerprint density at radius 1 is 1.06 bits per heavy atom. The molecule has 5 heteroatoms. The second-order valence-corrected chi connectivity index (χ2v) is 12.2. The summed E-state index contributed by atoms with van der Waals surface area (Å²) in [6.45, 7) is 7.79. The average Bonchev–Trinajstić information content (AvgIpc) is 3.39. The van der Waals surface area contributed by atoms with E-state index in [0.717, 1.165) is 37.0 Å². The van der Waals surface area contributed by atoms with Crippen LogP contribution >= 0.6 is 0 Å². The maximum atomic E-state index is 13.1. The minimum Gasteiger partial charge on any atom is -0.317 e. The highest BCUT2D eigenvalue weighted by Crippen LogP contribution is 2.55. The first-order valence-electron chi connectivity index (χ1n) is 11.8. The maximum Gasteiger partial charge on any atom is 0.264 e. The van der Waals surface area contributed by atoms with E-state index in [1.165, 1.54) is 36.8 Å². The highest BCUT2D eigenvalue weighted by atomic mass is 32.2. The normalized spacial score (nSPS) is 24.3. The lowest BCUT2D eigenvalue weighted by atomic mass is 9.70. The summed E-state index contributed by atoms with van der Waals surface area (Å²) in [5.41, 5.74) is 3.85. The summed E-state index contributed by atoms with van der Waals surface area (Å²) in [6, 6.07) is 15.3. The molecular weight excluding hydrogens is 404 g/mol. The van der Waals surface area contributed by atoms with Gasteiger partial charge in [-0.15, -0.1) is 0 Å². The van der Waals surface area contributed by atoms with Crippen LogP contribution in [-0.4, -0.2) is 28.1 Å². The molecule has 2 aromatic rings. The molecule has 2 fully saturated rings. The fraction of sp³-hybridized carbons (Fsp3) is 0.538. The van der Waals surface area contributed by atoms with Crippen molar-refractivity contribution in [1.29, 1.82) is 0 Å². The number of hydrogen-bond acceptors (Lipinski definition) is 3. The van der Waals surface area contributed by atoms with Crippen LogP contribution in [0.2, 0.25) is 0 Å². The number of benzene rings is 2. The molecule has 4 nitrogen and oxygen atoms in total. The fourth-order valence-corrected chi connectivity index (χ4v) is 7.44. The zero-order valence-electron chi connectivity index (χ0n) is 18.7. The van der Waals surface area contributed by atoms with E-state index in [1.54, 1.807) is 28.6 Å². The third-order valence-electron chi connectivity index (χ3n) is 7.87. The lowest BCUT2D eigenvalue weighted by Crippen LogP contribution is -2.36. The summed E-state index contributed by atoms with van der Waals surface area (Å²) < 4.78 is 27.8. The molecule has 1 saturated carbocycles. The summed E-state index contributed by atoms with van der Waals surface area (Å²) in [5.74, 6) is 2.24. The van der Waals surface area contributed by atoms with Crippen molar-refractivity contribution in [2.24, 2.45) is 17.3 Å². The maximum absolute atomic E-state index is 13.1. The van der Waals surface area contributed by atoms with Crippen LogP contribution in [0.5, 0.6) is 0 Å². The van der Waals surface area contributed by atoms with Crippen LogP contribution in [0.4, 0.5) is 5.69 Å². The van der Waals surface area contributed by atoms with E-state index in [0.29, 0.717) is 22.8 Å². The Balaban J connectivity index is 1.29. The molecule has 5 rings (SSSR count). The summed E-state index contributed by atoms with van der Waals surface area (Å²) >= 11 is 0. The van der Waals surface area contributed by atoms with E-state index in [9.17, 15) is 8.42 Å². The van der Waals surface area contributed by atoms with Crippen molar-refractivity contribution < 1.29 is 8.42 Å². The molecule has 0 radical (unpaired) electrons. The molecule has 3 aliphatic rings. The average molecular weight is 439 g/mol. The monoisotopic (exact) mass is 438 g/mol. The third-order valence-corrected chi connectivity index (χ3v) is 9.70. The molecule has 0 bridgehead atoms. The Bertz CT molecular complexity index is 1040. The van der Waals surface area contributed by atoms with Gasteiger partial charge >= 0.3 is 0 Å². The van der Waals surface area contributed by atoms with Gasteiger partial charge in [-0.3, -0.25) is 4.31 Å². The van der Waals surface area contributed by atoms with Crippen LogP contribution in [0.1, 0.15) is 56.6 Å². The Morgan fingerprint density at radius 3 is 2.55 bits per heavy atom. The molecule has 0 amide bonds. The van der Waals surface area contributed by atoms with E-state index in [4.69, 9.17) is 0 Å². The first kappa shape index (κ1) is 21.0. The number of nitrogens with zero attached hydrogens (tertiary/aromatic N) is 1. The van der Waals surface area contributed by atoms with Crippen LogP contribution in [0, 0.1) is 17.3 Å². The smallest absolute Gasteiger partial charge is 0.264 e. The van der Waals surface area contributed by atoms with E-state index < -0.39 is 10.0 Å². The number of nitrogens with one attached hydrogen (secondary N) is 1. The number of sulfonamides is 1. The van der Waals surface area contributed by atoms with Crippen molar-refractivity contribution >= 4 is 15.7 Å². The predicted molar refractivity (Wildman–Crippen MR) is 126 cm³/mol. The van der Waals surface area contributed by atoms with Gasteiger partial charge in [0.1, 0.15) is 0 Å². The lowest BCUT2D eigenvalue weighted by molar-refractivity contribution is 0.144. The lowest BCUT2D eigenvalue weighted by Gasteiger charge is -2.37. The van der Waals surface area contributed by atoms with E-state index in [1.807, 2.05) is 12.1 Å².